The van der Waals surface area contributed by atoms with Crippen LogP contribution in [0.2, 0.25) is 0 Å². The fourth-order valence-electron chi connectivity index (χ4n) is 6.18. The molecule has 3 heteroatoms. The summed E-state index contributed by atoms with van der Waals surface area (Å²) in [6, 6.07) is 31.2. The molecule has 0 aromatic heterocycles. The average Bonchev–Trinajstić information content (AvgIpc) is 3.29. The van der Waals surface area contributed by atoms with Crippen LogP contribution in [0.1, 0.15) is 43.2 Å². The molecule has 2 nitrogen and oxygen atoms in total. The van der Waals surface area contributed by atoms with Crippen LogP contribution in [0.5, 0.6) is 0 Å². The van der Waals surface area contributed by atoms with E-state index >= 15 is 0 Å². The molecule has 1 heterocycles. The Morgan fingerprint density at radius 1 is 0.677 bits per heavy atom. The van der Waals surface area contributed by atoms with Crippen LogP contribution in [0.3, 0.4) is 0 Å². The van der Waals surface area contributed by atoms with Gasteiger partial charge in [-0.25, -0.2) is 0 Å². The molecule has 31 heavy (non-hydrogen) atoms. The van der Waals surface area contributed by atoms with E-state index in [0.717, 1.165) is 0 Å². The lowest BCUT2D eigenvalue weighted by atomic mass is 9.69. The predicted octanol–water partition coefficient (Wildman–Crippen LogP) is 6.07. The Bertz CT molecular complexity index is 1140. The molecule has 1 aliphatic heterocycles. The summed E-state index contributed by atoms with van der Waals surface area (Å²) >= 11 is 0. The van der Waals surface area contributed by atoms with Crippen molar-refractivity contribution in [1.82, 2.24) is 5.23 Å². The molecule has 0 spiro atoms. The third-order valence-corrected chi connectivity index (χ3v) is 7.54. The summed E-state index contributed by atoms with van der Waals surface area (Å²) in [6.45, 7) is 0. The summed E-state index contributed by atoms with van der Waals surface area (Å²) in [5.41, 5.74) is 2.09. The lowest BCUT2D eigenvalue weighted by Crippen LogP contribution is -2.48. The Hall–Kier alpha value is -2.62. The van der Waals surface area contributed by atoms with Gasteiger partial charge in [0.1, 0.15) is 5.60 Å². The van der Waals surface area contributed by atoms with Gasteiger partial charge in [-0.3, -0.25) is 0 Å². The minimum Gasteiger partial charge on any atom is -0.409 e. The highest BCUT2D eigenvalue weighted by Gasteiger charge is 2.51. The number of fused-ring (bicyclic) bond motifs is 2. The van der Waals surface area contributed by atoms with Crippen LogP contribution in [-0.4, -0.2) is 13.7 Å². The molecule has 1 aliphatic carbocycles. The second-order valence-corrected chi connectivity index (χ2v) is 9.16. The Morgan fingerprint density at radius 2 is 1.23 bits per heavy atom. The SMILES string of the molecule is B1NC(C2CCCCC2)C(c2cccc3ccccc23)(c2cccc3ccccc23)O1. The van der Waals surface area contributed by atoms with Gasteiger partial charge >= 0.3 is 7.62 Å². The Kier molecular flexibility index (Phi) is 4.82. The quantitative estimate of drug-likeness (QED) is 0.418. The zero-order chi connectivity index (χ0) is 20.7. The van der Waals surface area contributed by atoms with E-state index in [9.17, 15) is 0 Å². The van der Waals surface area contributed by atoms with E-state index in [4.69, 9.17) is 4.65 Å². The van der Waals surface area contributed by atoms with Crippen LogP contribution in [0.15, 0.2) is 84.9 Å². The smallest absolute Gasteiger partial charge is 0.362 e. The van der Waals surface area contributed by atoms with Gasteiger partial charge in [-0.1, -0.05) is 104 Å². The maximum absolute atomic E-state index is 6.88. The molecule has 2 aliphatic rings. The van der Waals surface area contributed by atoms with Crippen molar-refractivity contribution >= 4 is 29.2 Å². The minimum atomic E-state index is -0.496. The summed E-state index contributed by atoms with van der Waals surface area (Å²) in [5, 5.41) is 8.96. The summed E-state index contributed by atoms with van der Waals surface area (Å²) in [7, 11) is 0.591. The Morgan fingerprint density at radius 3 is 1.84 bits per heavy atom. The standard InChI is InChI=1S/C28H28BNO/c1-2-12-22(13-3-1)27-28(31-29-30-27,25-18-8-14-20-10-4-6-16-23(20)25)26-19-9-15-21-11-5-7-17-24(21)26/h4-11,14-19,22,27,29-30H,1-3,12-13H2. The molecule has 6 rings (SSSR count). The second-order valence-electron chi connectivity index (χ2n) is 9.16. The highest BCUT2D eigenvalue weighted by molar-refractivity contribution is 6.25. The first-order valence-electron chi connectivity index (χ1n) is 11.7. The topological polar surface area (TPSA) is 21.3 Å². The summed E-state index contributed by atoms with van der Waals surface area (Å²) in [4.78, 5) is 0. The lowest BCUT2D eigenvalue weighted by Gasteiger charge is -2.42. The van der Waals surface area contributed by atoms with Crippen molar-refractivity contribution in [1.29, 1.82) is 0 Å². The molecule has 1 saturated heterocycles. The second kappa shape index (κ2) is 7.82. The average molecular weight is 405 g/mol. The van der Waals surface area contributed by atoms with Gasteiger partial charge in [0.25, 0.3) is 0 Å². The van der Waals surface area contributed by atoms with Crippen molar-refractivity contribution in [2.45, 2.75) is 43.7 Å². The monoisotopic (exact) mass is 405 g/mol. The molecule has 154 valence electrons. The van der Waals surface area contributed by atoms with Crippen molar-refractivity contribution in [3.05, 3.63) is 96.1 Å². The molecule has 1 unspecified atom stereocenters. The van der Waals surface area contributed by atoms with Crippen molar-refractivity contribution in [3.8, 4) is 0 Å². The van der Waals surface area contributed by atoms with Gasteiger partial charge < -0.3 is 9.88 Å². The lowest BCUT2D eigenvalue weighted by molar-refractivity contribution is 0.0832. The van der Waals surface area contributed by atoms with Gasteiger partial charge in [-0.2, -0.15) is 0 Å². The van der Waals surface area contributed by atoms with E-state index in [1.165, 1.54) is 64.8 Å². The van der Waals surface area contributed by atoms with Crippen LogP contribution in [0.25, 0.3) is 21.5 Å². The molecule has 1 saturated carbocycles. The van der Waals surface area contributed by atoms with Crippen molar-refractivity contribution in [2.75, 3.05) is 0 Å². The summed E-state index contributed by atoms with van der Waals surface area (Å²) < 4.78 is 6.88. The van der Waals surface area contributed by atoms with Gasteiger partial charge in [0.15, 0.2) is 0 Å². The highest BCUT2D eigenvalue weighted by atomic mass is 16.5. The van der Waals surface area contributed by atoms with Crippen LogP contribution in [-0.2, 0) is 10.3 Å². The van der Waals surface area contributed by atoms with Gasteiger partial charge in [0, 0.05) is 6.04 Å². The molecule has 4 aromatic rings. The molecule has 4 aromatic carbocycles. The van der Waals surface area contributed by atoms with Gasteiger partial charge in [-0.15, -0.1) is 0 Å². The molecule has 1 N–H and O–H groups in total. The molecule has 0 amide bonds. The normalized spacial score (nSPS) is 21.4. The highest BCUT2D eigenvalue weighted by Crippen LogP contribution is 2.49. The molecular weight excluding hydrogens is 377 g/mol. The van der Waals surface area contributed by atoms with E-state index < -0.39 is 5.60 Å². The fourth-order valence-corrected chi connectivity index (χ4v) is 6.18. The van der Waals surface area contributed by atoms with Gasteiger partial charge in [0.2, 0.25) is 0 Å². The number of hydrogen-bond donors (Lipinski definition) is 1. The largest absolute Gasteiger partial charge is 0.409 e. The van der Waals surface area contributed by atoms with Gasteiger partial charge in [-0.05, 0) is 51.4 Å². The number of hydrogen-bond acceptors (Lipinski definition) is 2. The zero-order valence-corrected chi connectivity index (χ0v) is 17.9. The zero-order valence-electron chi connectivity index (χ0n) is 17.9. The van der Waals surface area contributed by atoms with E-state index in [1.807, 2.05) is 0 Å². The Balaban J connectivity index is 1.66. The van der Waals surface area contributed by atoms with E-state index in [2.05, 4.69) is 90.2 Å². The first-order valence-corrected chi connectivity index (χ1v) is 11.7. The first kappa shape index (κ1) is 19.1. The van der Waals surface area contributed by atoms with Gasteiger partial charge in [0.05, 0.1) is 0 Å². The number of benzene rings is 4. The third kappa shape index (κ3) is 3.02. The molecule has 2 fully saturated rings. The van der Waals surface area contributed by atoms with Crippen molar-refractivity contribution < 1.29 is 4.65 Å². The van der Waals surface area contributed by atoms with E-state index in [1.54, 1.807) is 0 Å². The minimum absolute atomic E-state index is 0.268. The third-order valence-electron chi connectivity index (χ3n) is 7.54. The number of nitrogens with one attached hydrogen (secondary N) is 1. The van der Waals surface area contributed by atoms with Crippen LogP contribution in [0.4, 0.5) is 0 Å². The summed E-state index contributed by atoms with van der Waals surface area (Å²) in [5.74, 6) is 0.620. The van der Waals surface area contributed by atoms with Crippen LogP contribution >= 0.6 is 0 Å². The van der Waals surface area contributed by atoms with E-state index in [-0.39, 0.29) is 6.04 Å². The number of rotatable bonds is 3. The molecular formula is C28H28BNO. The predicted molar refractivity (Wildman–Crippen MR) is 130 cm³/mol. The van der Waals surface area contributed by atoms with E-state index in [0.29, 0.717) is 13.5 Å². The van der Waals surface area contributed by atoms with Crippen LogP contribution in [0, 0.1) is 5.92 Å². The van der Waals surface area contributed by atoms with Crippen molar-refractivity contribution in [2.24, 2.45) is 5.92 Å². The van der Waals surface area contributed by atoms with Crippen LogP contribution < -0.4 is 5.23 Å². The maximum atomic E-state index is 6.88. The fraction of sp³-hybridized carbons (Fsp3) is 0.286. The first-order chi connectivity index (χ1) is 15.4. The maximum Gasteiger partial charge on any atom is 0.362 e. The molecule has 0 radical (unpaired) electrons. The van der Waals surface area contributed by atoms with Crippen molar-refractivity contribution in [3.63, 3.8) is 0 Å². The molecule has 1 atom stereocenters. The molecule has 0 bridgehead atoms. The summed E-state index contributed by atoms with van der Waals surface area (Å²) in [6.07, 6.45) is 6.56. The Labute approximate surface area is 184 Å².